The minimum absolute atomic E-state index is 0.438. The Balaban J connectivity index is 1.54. The third kappa shape index (κ3) is 5.09. The third-order valence-corrected chi connectivity index (χ3v) is 4.82. The number of rotatable bonds is 6. The molecule has 1 aromatic rings. The highest BCUT2D eigenvalue weighted by atomic mass is 16.2. The normalized spacial score (nSPS) is 19.3. The zero-order valence-corrected chi connectivity index (χ0v) is 14.7. The van der Waals surface area contributed by atoms with E-state index in [1.54, 1.807) is 6.92 Å². The molecule has 1 aliphatic heterocycles. The molecule has 4 N–H and O–H groups in total. The van der Waals surface area contributed by atoms with Crippen LogP contribution in [0.15, 0.2) is 24.3 Å². The highest BCUT2D eigenvalue weighted by Crippen LogP contribution is 2.30. The molecule has 2 fully saturated rings. The molecule has 0 bridgehead atoms. The molecule has 25 heavy (non-hydrogen) atoms. The van der Waals surface area contributed by atoms with Gasteiger partial charge in [-0.05, 0) is 43.9 Å². The fourth-order valence-corrected chi connectivity index (χ4v) is 3.19. The molecule has 1 atom stereocenters. The predicted molar refractivity (Wildman–Crippen MR) is 98.6 cm³/mol. The molecule has 1 aromatic carbocycles. The molecule has 7 nitrogen and oxygen atoms in total. The number of benzene rings is 1. The van der Waals surface area contributed by atoms with Crippen LogP contribution in [0.4, 0.5) is 16.2 Å². The molecule has 3 rings (SSSR count). The summed E-state index contributed by atoms with van der Waals surface area (Å²) in [6.45, 7) is 7.20. The lowest BCUT2D eigenvalue weighted by Gasteiger charge is -2.36. The number of nitrogens with two attached hydrogens (primary N) is 1. The first-order valence-electron chi connectivity index (χ1n) is 8.95. The van der Waals surface area contributed by atoms with Gasteiger partial charge in [0, 0.05) is 44.1 Å². The third-order valence-electron chi connectivity index (χ3n) is 4.82. The second kappa shape index (κ2) is 7.74. The lowest BCUT2D eigenvalue weighted by Crippen LogP contribution is -2.47. The molecule has 0 aromatic heterocycles. The van der Waals surface area contributed by atoms with E-state index in [2.05, 4.69) is 26.5 Å². The Hall–Kier alpha value is -2.28. The van der Waals surface area contributed by atoms with Crippen molar-refractivity contribution in [3.05, 3.63) is 24.3 Å². The number of hydrogen-bond donors (Lipinski definition) is 3. The van der Waals surface area contributed by atoms with Gasteiger partial charge in [-0.1, -0.05) is 6.07 Å². The van der Waals surface area contributed by atoms with Crippen molar-refractivity contribution in [3.8, 4) is 0 Å². The molecule has 1 heterocycles. The molecule has 0 spiro atoms. The summed E-state index contributed by atoms with van der Waals surface area (Å²) in [6.07, 6.45) is 2.80. The number of urea groups is 1. The van der Waals surface area contributed by atoms with Crippen molar-refractivity contribution < 1.29 is 9.59 Å². The zero-order chi connectivity index (χ0) is 17.8. The SMILES string of the molecule is C[C@@H](Nc1cccc(N2CCN(CC3CC3)CC2)c1)C(=O)NC(N)=O. The summed E-state index contributed by atoms with van der Waals surface area (Å²) in [5.74, 6) is 0.499. The van der Waals surface area contributed by atoms with Gasteiger partial charge in [-0.25, -0.2) is 4.79 Å². The maximum absolute atomic E-state index is 11.8. The summed E-state index contributed by atoms with van der Waals surface area (Å²) in [4.78, 5) is 27.5. The molecule has 3 amide bonds. The minimum Gasteiger partial charge on any atom is -0.374 e. The van der Waals surface area contributed by atoms with E-state index in [0.717, 1.165) is 43.5 Å². The van der Waals surface area contributed by atoms with Gasteiger partial charge in [0.1, 0.15) is 6.04 Å². The standard InChI is InChI=1S/C18H27N5O2/c1-13(17(24)21-18(19)25)20-15-3-2-4-16(11-15)23-9-7-22(8-10-23)12-14-5-6-14/h2-4,11,13-14,20H,5-10,12H2,1H3,(H3,19,21,24,25)/t13-/m1/s1. The summed E-state index contributed by atoms with van der Waals surface area (Å²) < 4.78 is 0. The molecular formula is C18H27N5O2. The number of hydrogen-bond acceptors (Lipinski definition) is 5. The van der Waals surface area contributed by atoms with Crippen molar-refractivity contribution in [1.82, 2.24) is 10.2 Å². The number of carbonyl (C=O) groups is 2. The van der Waals surface area contributed by atoms with E-state index >= 15 is 0 Å². The largest absolute Gasteiger partial charge is 0.374 e. The summed E-state index contributed by atoms with van der Waals surface area (Å²) in [7, 11) is 0. The Morgan fingerprint density at radius 2 is 1.96 bits per heavy atom. The van der Waals surface area contributed by atoms with E-state index in [-0.39, 0.29) is 0 Å². The van der Waals surface area contributed by atoms with Crippen LogP contribution < -0.4 is 21.3 Å². The van der Waals surface area contributed by atoms with Crippen LogP contribution in [-0.2, 0) is 4.79 Å². The summed E-state index contributed by atoms with van der Waals surface area (Å²) in [6, 6.07) is 6.66. The Kier molecular flexibility index (Phi) is 5.43. The lowest BCUT2D eigenvalue weighted by molar-refractivity contribution is -0.120. The number of amides is 3. The highest BCUT2D eigenvalue weighted by molar-refractivity contribution is 5.97. The van der Waals surface area contributed by atoms with Gasteiger partial charge in [-0.2, -0.15) is 0 Å². The van der Waals surface area contributed by atoms with Gasteiger partial charge in [-0.15, -0.1) is 0 Å². The molecule has 1 saturated heterocycles. The van der Waals surface area contributed by atoms with Crippen molar-refractivity contribution in [2.45, 2.75) is 25.8 Å². The summed E-state index contributed by atoms with van der Waals surface area (Å²) in [5.41, 5.74) is 6.99. The van der Waals surface area contributed by atoms with Gasteiger partial charge in [0.05, 0.1) is 0 Å². The molecule has 1 saturated carbocycles. The number of nitrogens with one attached hydrogen (secondary N) is 2. The number of nitrogens with zero attached hydrogens (tertiary/aromatic N) is 2. The van der Waals surface area contributed by atoms with Gasteiger partial charge < -0.3 is 16.0 Å². The van der Waals surface area contributed by atoms with Gasteiger partial charge in [0.15, 0.2) is 0 Å². The van der Waals surface area contributed by atoms with Crippen LogP contribution in [0.25, 0.3) is 0 Å². The molecular weight excluding hydrogens is 318 g/mol. The predicted octanol–water partition coefficient (Wildman–Crippen LogP) is 1.21. The van der Waals surface area contributed by atoms with E-state index in [1.807, 2.05) is 18.2 Å². The minimum atomic E-state index is -0.837. The second-order valence-electron chi connectivity index (χ2n) is 7.00. The lowest BCUT2D eigenvalue weighted by atomic mass is 10.2. The smallest absolute Gasteiger partial charge is 0.318 e. The number of primary amides is 1. The fraction of sp³-hybridized carbons (Fsp3) is 0.556. The topological polar surface area (TPSA) is 90.7 Å². The molecule has 7 heteroatoms. The molecule has 2 aliphatic rings. The Bertz CT molecular complexity index is 624. The van der Waals surface area contributed by atoms with Crippen LogP contribution in [0.1, 0.15) is 19.8 Å². The van der Waals surface area contributed by atoms with Crippen LogP contribution in [0.3, 0.4) is 0 Å². The van der Waals surface area contributed by atoms with E-state index in [9.17, 15) is 9.59 Å². The number of piperazine rings is 1. The first kappa shape index (κ1) is 17.5. The van der Waals surface area contributed by atoms with Crippen LogP contribution in [0.5, 0.6) is 0 Å². The molecule has 1 aliphatic carbocycles. The maximum atomic E-state index is 11.8. The van der Waals surface area contributed by atoms with E-state index < -0.39 is 18.0 Å². The quantitative estimate of drug-likeness (QED) is 0.721. The van der Waals surface area contributed by atoms with Crippen LogP contribution in [-0.4, -0.2) is 55.6 Å². The number of imide groups is 1. The Morgan fingerprint density at radius 3 is 2.60 bits per heavy atom. The number of anilines is 2. The summed E-state index contributed by atoms with van der Waals surface area (Å²) >= 11 is 0. The van der Waals surface area contributed by atoms with Crippen molar-refractivity contribution in [2.24, 2.45) is 11.7 Å². The average Bonchev–Trinajstić information content (AvgIpc) is 3.39. The molecule has 136 valence electrons. The van der Waals surface area contributed by atoms with Crippen LogP contribution in [0, 0.1) is 5.92 Å². The van der Waals surface area contributed by atoms with Crippen LogP contribution >= 0.6 is 0 Å². The fourth-order valence-electron chi connectivity index (χ4n) is 3.19. The number of carbonyl (C=O) groups excluding carboxylic acids is 2. The van der Waals surface area contributed by atoms with E-state index in [1.165, 1.54) is 19.4 Å². The van der Waals surface area contributed by atoms with Crippen molar-refractivity contribution in [2.75, 3.05) is 42.9 Å². The highest BCUT2D eigenvalue weighted by Gasteiger charge is 2.26. The van der Waals surface area contributed by atoms with Gasteiger partial charge >= 0.3 is 6.03 Å². The average molecular weight is 345 g/mol. The van der Waals surface area contributed by atoms with Crippen LogP contribution in [0.2, 0.25) is 0 Å². The summed E-state index contributed by atoms with van der Waals surface area (Å²) in [5, 5.41) is 5.20. The molecule has 0 radical (unpaired) electrons. The van der Waals surface area contributed by atoms with E-state index in [4.69, 9.17) is 5.73 Å². The van der Waals surface area contributed by atoms with E-state index in [0.29, 0.717) is 0 Å². The Labute approximate surface area is 148 Å². The van der Waals surface area contributed by atoms with Crippen molar-refractivity contribution >= 4 is 23.3 Å². The maximum Gasteiger partial charge on any atom is 0.318 e. The molecule has 0 unspecified atom stereocenters. The van der Waals surface area contributed by atoms with Gasteiger partial charge in [0.25, 0.3) is 0 Å². The Morgan fingerprint density at radius 1 is 1.24 bits per heavy atom. The monoisotopic (exact) mass is 345 g/mol. The van der Waals surface area contributed by atoms with Gasteiger partial charge in [-0.3, -0.25) is 15.0 Å². The zero-order valence-electron chi connectivity index (χ0n) is 14.7. The van der Waals surface area contributed by atoms with Crippen molar-refractivity contribution in [3.63, 3.8) is 0 Å². The van der Waals surface area contributed by atoms with Crippen molar-refractivity contribution in [1.29, 1.82) is 0 Å². The first-order valence-corrected chi connectivity index (χ1v) is 8.95. The first-order chi connectivity index (χ1) is 12.0. The second-order valence-corrected chi connectivity index (χ2v) is 7.00. The van der Waals surface area contributed by atoms with Gasteiger partial charge in [0.2, 0.25) is 5.91 Å².